The first-order valence-corrected chi connectivity index (χ1v) is 10.5. The third kappa shape index (κ3) is 3.25. The van der Waals surface area contributed by atoms with Gasteiger partial charge in [0.25, 0.3) is 0 Å². The molecule has 0 aliphatic carbocycles. The minimum Gasteiger partial charge on any atom is -0.314 e. The third-order valence-electron chi connectivity index (χ3n) is 4.89. The first kappa shape index (κ1) is 19.1. The molecule has 1 aliphatic rings. The second-order valence-corrected chi connectivity index (χ2v) is 8.85. The van der Waals surface area contributed by atoms with Crippen LogP contribution in [-0.4, -0.2) is 14.2 Å². The molecule has 0 amide bonds. The van der Waals surface area contributed by atoms with Crippen LogP contribution >= 0.6 is 0 Å². The van der Waals surface area contributed by atoms with Gasteiger partial charge in [-0.05, 0) is 49.7 Å². The molecule has 1 heterocycles. The Hall–Kier alpha value is -3.25. The van der Waals surface area contributed by atoms with Gasteiger partial charge in [-0.25, -0.2) is 12.8 Å². The van der Waals surface area contributed by atoms with E-state index in [0.717, 1.165) is 5.56 Å². The van der Waals surface area contributed by atoms with E-state index in [4.69, 9.17) is 0 Å². The molecule has 3 aromatic rings. The van der Waals surface area contributed by atoms with Crippen molar-refractivity contribution in [1.82, 2.24) is 0 Å². The summed E-state index contributed by atoms with van der Waals surface area (Å²) in [6.07, 6.45) is 1.29. The highest BCUT2D eigenvalue weighted by atomic mass is 32.2. The van der Waals surface area contributed by atoms with Crippen LogP contribution in [-0.2, 0) is 9.84 Å². The number of nitrogens with zero attached hydrogens (tertiary/aromatic N) is 1. The molecule has 0 radical (unpaired) electrons. The number of aryl methyl sites for hydroxylation is 2. The minimum absolute atomic E-state index is 0.0138. The maximum Gasteiger partial charge on any atom is 0.214 e. The standard InChI is InChI=1S/C23H18FNO3S/c1-15-10-11-19(16(2)12-15)23(26)22-14-25(18-7-5-6-17(24)13-18)20-8-3-4-9-21(20)29(22,27)28/h3-14H,1-2H3. The fourth-order valence-corrected chi connectivity index (χ4v) is 5.01. The van der Waals surface area contributed by atoms with Crippen LogP contribution in [0.3, 0.4) is 0 Å². The number of fused-ring (bicyclic) bond motifs is 1. The van der Waals surface area contributed by atoms with Gasteiger partial charge in [-0.2, -0.15) is 0 Å². The first-order valence-electron chi connectivity index (χ1n) is 9.02. The molecular weight excluding hydrogens is 389 g/mol. The van der Waals surface area contributed by atoms with Crippen molar-refractivity contribution in [1.29, 1.82) is 0 Å². The number of para-hydroxylation sites is 1. The highest BCUT2D eigenvalue weighted by Crippen LogP contribution is 2.40. The molecule has 29 heavy (non-hydrogen) atoms. The van der Waals surface area contributed by atoms with Crippen LogP contribution in [0.15, 0.2) is 82.7 Å². The fourth-order valence-electron chi connectivity index (χ4n) is 3.48. The molecule has 0 saturated carbocycles. The second-order valence-electron chi connectivity index (χ2n) is 6.96. The summed E-state index contributed by atoms with van der Waals surface area (Å²) in [5, 5.41) is 0. The number of carbonyl (C=O) groups excluding carboxylic acids is 1. The van der Waals surface area contributed by atoms with E-state index in [-0.39, 0.29) is 9.80 Å². The van der Waals surface area contributed by atoms with Gasteiger partial charge in [0.1, 0.15) is 10.7 Å². The summed E-state index contributed by atoms with van der Waals surface area (Å²) >= 11 is 0. The smallest absolute Gasteiger partial charge is 0.214 e. The Labute approximate surface area is 168 Å². The molecule has 4 rings (SSSR count). The quantitative estimate of drug-likeness (QED) is 0.568. The predicted molar refractivity (Wildman–Crippen MR) is 110 cm³/mol. The Bertz CT molecular complexity index is 1280. The highest BCUT2D eigenvalue weighted by molar-refractivity contribution is 7.96. The van der Waals surface area contributed by atoms with Crippen LogP contribution in [0.1, 0.15) is 21.5 Å². The van der Waals surface area contributed by atoms with E-state index in [2.05, 4.69) is 0 Å². The lowest BCUT2D eigenvalue weighted by Gasteiger charge is -2.29. The number of allylic oxidation sites excluding steroid dienone is 1. The monoisotopic (exact) mass is 407 g/mol. The molecule has 0 spiro atoms. The summed E-state index contributed by atoms with van der Waals surface area (Å²) < 4.78 is 40.3. The summed E-state index contributed by atoms with van der Waals surface area (Å²) in [6, 6.07) is 17.4. The molecule has 1 aliphatic heterocycles. The van der Waals surface area contributed by atoms with Crippen molar-refractivity contribution in [2.45, 2.75) is 18.7 Å². The molecular formula is C23H18FNO3S. The van der Waals surface area contributed by atoms with E-state index in [1.54, 1.807) is 43.3 Å². The number of halogens is 1. The summed E-state index contributed by atoms with van der Waals surface area (Å²) in [4.78, 5) is 14.5. The maximum absolute atomic E-state index is 13.8. The number of ketones is 1. The third-order valence-corrected chi connectivity index (χ3v) is 6.68. The Kier molecular flexibility index (Phi) is 4.59. The number of benzene rings is 3. The molecule has 0 saturated heterocycles. The Morgan fingerprint density at radius 3 is 2.41 bits per heavy atom. The topological polar surface area (TPSA) is 54.5 Å². The molecule has 3 aromatic carbocycles. The van der Waals surface area contributed by atoms with E-state index in [1.165, 1.54) is 35.4 Å². The van der Waals surface area contributed by atoms with Crippen molar-refractivity contribution < 1.29 is 17.6 Å². The molecule has 0 fully saturated rings. The van der Waals surface area contributed by atoms with E-state index < -0.39 is 21.4 Å². The predicted octanol–water partition coefficient (Wildman–Crippen LogP) is 5.09. The second kappa shape index (κ2) is 6.97. The molecule has 0 unspecified atom stereocenters. The fraction of sp³-hybridized carbons (Fsp3) is 0.0870. The SMILES string of the molecule is Cc1ccc(C(=O)C2=CN(c3cccc(F)c3)c3ccccc3S2(=O)=O)c(C)c1. The molecule has 4 nitrogen and oxygen atoms in total. The zero-order valence-electron chi connectivity index (χ0n) is 15.9. The van der Waals surface area contributed by atoms with Gasteiger partial charge in [0.05, 0.1) is 10.6 Å². The van der Waals surface area contributed by atoms with Gasteiger partial charge in [-0.1, -0.05) is 42.0 Å². The number of sulfone groups is 1. The normalized spacial score (nSPS) is 14.9. The van der Waals surface area contributed by atoms with Crippen LogP contribution in [0.5, 0.6) is 0 Å². The van der Waals surface area contributed by atoms with E-state index in [1.807, 2.05) is 13.0 Å². The zero-order valence-corrected chi connectivity index (χ0v) is 16.7. The average molecular weight is 407 g/mol. The van der Waals surface area contributed by atoms with Gasteiger partial charge in [0.15, 0.2) is 0 Å². The van der Waals surface area contributed by atoms with Crippen LogP contribution in [0.25, 0.3) is 0 Å². The molecule has 0 N–H and O–H groups in total. The van der Waals surface area contributed by atoms with Crippen LogP contribution in [0.2, 0.25) is 0 Å². The summed E-state index contributed by atoms with van der Waals surface area (Å²) in [7, 11) is -4.03. The molecule has 0 bridgehead atoms. The summed E-state index contributed by atoms with van der Waals surface area (Å²) in [5.74, 6) is -1.04. The number of carbonyl (C=O) groups is 1. The van der Waals surface area contributed by atoms with E-state index in [9.17, 15) is 17.6 Å². The lowest BCUT2D eigenvalue weighted by molar-refractivity contribution is 0.104. The largest absolute Gasteiger partial charge is 0.314 e. The van der Waals surface area contributed by atoms with Gasteiger partial charge in [0.2, 0.25) is 15.6 Å². The Morgan fingerprint density at radius 1 is 0.931 bits per heavy atom. The molecule has 6 heteroatoms. The molecule has 146 valence electrons. The average Bonchev–Trinajstić information content (AvgIpc) is 2.68. The Balaban J connectivity index is 1.94. The van der Waals surface area contributed by atoms with Crippen molar-refractivity contribution in [2.24, 2.45) is 0 Å². The Morgan fingerprint density at radius 2 is 1.69 bits per heavy atom. The number of hydrogen-bond acceptors (Lipinski definition) is 4. The van der Waals surface area contributed by atoms with Crippen molar-refractivity contribution in [2.75, 3.05) is 4.90 Å². The highest BCUT2D eigenvalue weighted by Gasteiger charge is 2.36. The first-order chi connectivity index (χ1) is 13.8. The van der Waals surface area contributed by atoms with E-state index >= 15 is 0 Å². The number of rotatable bonds is 3. The molecule has 0 aromatic heterocycles. The van der Waals surface area contributed by atoms with Crippen molar-refractivity contribution >= 4 is 27.0 Å². The lowest BCUT2D eigenvalue weighted by atomic mass is 10.0. The van der Waals surface area contributed by atoms with Crippen molar-refractivity contribution in [3.8, 4) is 0 Å². The van der Waals surface area contributed by atoms with Gasteiger partial charge < -0.3 is 4.90 Å². The van der Waals surface area contributed by atoms with Gasteiger partial charge in [-0.15, -0.1) is 0 Å². The summed E-state index contributed by atoms with van der Waals surface area (Å²) in [5.41, 5.74) is 2.80. The van der Waals surface area contributed by atoms with E-state index in [0.29, 0.717) is 22.5 Å². The van der Waals surface area contributed by atoms with Crippen LogP contribution < -0.4 is 4.90 Å². The van der Waals surface area contributed by atoms with Gasteiger partial charge in [0, 0.05) is 17.5 Å². The van der Waals surface area contributed by atoms with Crippen LogP contribution in [0, 0.1) is 19.7 Å². The minimum atomic E-state index is -4.03. The summed E-state index contributed by atoms with van der Waals surface area (Å²) in [6.45, 7) is 3.67. The zero-order chi connectivity index (χ0) is 20.8. The molecule has 0 atom stereocenters. The van der Waals surface area contributed by atoms with Gasteiger partial charge in [-0.3, -0.25) is 4.79 Å². The maximum atomic E-state index is 13.8. The van der Waals surface area contributed by atoms with Crippen molar-refractivity contribution in [3.63, 3.8) is 0 Å². The number of anilines is 2. The van der Waals surface area contributed by atoms with Gasteiger partial charge >= 0.3 is 0 Å². The lowest BCUT2D eigenvalue weighted by Crippen LogP contribution is -2.26. The number of hydrogen-bond donors (Lipinski definition) is 0. The van der Waals surface area contributed by atoms with Crippen molar-refractivity contribution in [3.05, 3.63) is 100 Å². The number of Topliss-reactive ketones (excluding diaryl/α,β-unsaturated/α-hetero) is 1. The van der Waals surface area contributed by atoms with Crippen LogP contribution in [0.4, 0.5) is 15.8 Å².